The molecule has 3 unspecified atom stereocenters. The monoisotopic (exact) mass is 354 g/mol. The van der Waals surface area contributed by atoms with Gasteiger partial charge >= 0.3 is 0 Å². The van der Waals surface area contributed by atoms with Crippen molar-refractivity contribution < 1.29 is 9.53 Å². The van der Waals surface area contributed by atoms with E-state index >= 15 is 0 Å². The Morgan fingerprint density at radius 1 is 1.12 bits per heavy atom. The Labute approximate surface area is 152 Å². The average Bonchev–Trinajstić information content (AvgIpc) is 3.25. The van der Waals surface area contributed by atoms with Gasteiger partial charge in [-0.3, -0.25) is 4.79 Å². The molecule has 2 bridgehead atoms. The number of amides is 1. The standard InChI is InChI=1S/C20H22N2O2S/c1-24-17-7-3-5-9-19(17)25-18-8-4-2-6-15(18)20(23)22-16-11-14-10-13(16)12-21-14/h2-9,13-14,16,21H,10-12H2,1H3,(H,22,23). The van der Waals surface area contributed by atoms with Crippen LogP contribution in [0.15, 0.2) is 58.3 Å². The molecule has 2 fully saturated rings. The zero-order chi connectivity index (χ0) is 17.2. The number of para-hydroxylation sites is 1. The normalized spacial score (nSPS) is 24.3. The van der Waals surface area contributed by atoms with Crippen LogP contribution in [0.5, 0.6) is 5.75 Å². The number of carbonyl (C=O) groups excluding carboxylic acids is 1. The van der Waals surface area contributed by atoms with E-state index in [4.69, 9.17) is 4.74 Å². The van der Waals surface area contributed by atoms with Crippen molar-refractivity contribution >= 4 is 17.7 Å². The van der Waals surface area contributed by atoms with Gasteiger partial charge in [0.2, 0.25) is 0 Å². The molecule has 130 valence electrons. The van der Waals surface area contributed by atoms with Crippen molar-refractivity contribution in [2.24, 2.45) is 5.92 Å². The molecule has 3 atom stereocenters. The Hall–Kier alpha value is -1.98. The van der Waals surface area contributed by atoms with Crippen LogP contribution in [0, 0.1) is 5.92 Å². The maximum atomic E-state index is 12.9. The quantitative estimate of drug-likeness (QED) is 0.865. The highest BCUT2D eigenvalue weighted by atomic mass is 32.2. The van der Waals surface area contributed by atoms with E-state index in [-0.39, 0.29) is 5.91 Å². The van der Waals surface area contributed by atoms with E-state index in [1.165, 1.54) is 6.42 Å². The van der Waals surface area contributed by atoms with Gasteiger partial charge < -0.3 is 15.4 Å². The summed E-state index contributed by atoms with van der Waals surface area (Å²) in [5, 5.41) is 6.74. The second-order valence-electron chi connectivity index (χ2n) is 6.67. The van der Waals surface area contributed by atoms with Crippen molar-refractivity contribution in [1.82, 2.24) is 10.6 Å². The smallest absolute Gasteiger partial charge is 0.252 e. The summed E-state index contributed by atoms with van der Waals surface area (Å²) in [5.41, 5.74) is 0.731. The number of carbonyl (C=O) groups is 1. The molecule has 1 heterocycles. The summed E-state index contributed by atoms with van der Waals surface area (Å²) in [6, 6.07) is 16.5. The molecule has 1 aliphatic heterocycles. The molecular formula is C20H22N2O2S. The second-order valence-corrected chi connectivity index (χ2v) is 7.75. The molecule has 25 heavy (non-hydrogen) atoms. The van der Waals surface area contributed by atoms with Crippen LogP contribution in [0.4, 0.5) is 0 Å². The van der Waals surface area contributed by atoms with Gasteiger partial charge in [0, 0.05) is 23.5 Å². The summed E-state index contributed by atoms with van der Waals surface area (Å²) in [4.78, 5) is 14.8. The summed E-state index contributed by atoms with van der Waals surface area (Å²) in [7, 11) is 1.67. The van der Waals surface area contributed by atoms with E-state index in [9.17, 15) is 4.79 Å². The first kappa shape index (κ1) is 16.5. The number of hydrogen-bond acceptors (Lipinski definition) is 4. The maximum absolute atomic E-state index is 12.9. The molecule has 1 saturated carbocycles. The summed E-state index contributed by atoms with van der Waals surface area (Å²) in [6.45, 7) is 1.02. The van der Waals surface area contributed by atoms with Gasteiger partial charge in [-0.2, -0.15) is 0 Å². The molecule has 1 saturated heterocycles. The van der Waals surface area contributed by atoms with Gasteiger partial charge in [-0.1, -0.05) is 36.0 Å². The number of fused-ring (bicyclic) bond motifs is 2. The van der Waals surface area contributed by atoms with Gasteiger partial charge in [-0.25, -0.2) is 0 Å². The van der Waals surface area contributed by atoms with Crippen LogP contribution in [-0.4, -0.2) is 31.6 Å². The number of rotatable bonds is 5. The third-order valence-corrected chi connectivity index (χ3v) is 6.23. The molecule has 0 aromatic heterocycles. The van der Waals surface area contributed by atoms with E-state index in [0.717, 1.165) is 34.1 Å². The van der Waals surface area contributed by atoms with Crippen LogP contribution < -0.4 is 15.4 Å². The van der Waals surface area contributed by atoms with Crippen LogP contribution in [0.25, 0.3) is 0 Å². The zero-order valence-electron chi connectivity index (χ0n) is 14.2. The molecule has 2 N–H and O–H groups in total. The minimum Gasteiger partial charge on any atom is -0.496 e. The van der Waals surface area contributed by atoms with E-state index in [1.807, 2.05) is 48.5 Å². The lowest BCUT2D eigenvalue weighted by atomic mass is 10.0. The molecule has 2 aromatic carbocycles. The van der Waals surface area contributed by atoms with Crippen LogP contribution in [0.1, 0.15) is 23.2 Å². The Kier molecular flexibility index (Phi) is 4.68. The first-order valence-electron chi connectivity index (χ1n) is 8.68. The number of piperidine rings is 1. The van der Waals surface area contributed by atoms with E-state index < -0.39 is 0 Å². The predicted octanol–water partition coefficient (Wildman–Crippen LogP) is 3.33. The lowest BCUT2D eigenvalue weighted by Crippen LogP contribution is -2.44. The number of ether oxygens (including phenoxy) is 1. The minimum absolute atomic E-state index is 0.0237. The molecule has 0 radical (unpaired) electrons. The molecule has 1 amide bonds. The molecule has 2 aromatic rings. The van der Waals surface area contributed by atoms with Crippen molar-refractivity contribution in [2.75, 3.05) is 13.7 Å². The zero-order valence-corrected chi connectivity index (χ0v) is 15.0. The predicted molar refractivity (Wildman–Crippen MR) is 99.3 cm³/mol. The molecule has 2 aliphatic rings. The lowest BCUT2D eigenvalue weighted by Gasteiger charge is -2.24. The van der Waals surface area contributed by atoms with Crippen LogP contribution in [0.3, 0.4) is 0 Å². The molecule has 5 heteroatoms. The second kappa shape index (κ2) is 7.10. The Balaban J connectivity index is 1.53. The van der Waals surface area contributed by atoms with Crippen molar-refractivity contribution in [2.45, 2.75) is 34.7 Å². The fourth-order valence-electron chi connectivity index (χ4n) is 3.82. The van der Waals surface area contributed by atoms with Crippen molar-refractivity contribution in [3.63, 3.8) is 0 Å². The summed E-state index contributed by atoms with van der Waals surface area (Å²) < 4.78 is 5.43. The van der Waals surface area contributed by atoms with Crippen LogP contribution >= 0.6 is 11.8 Å². The van der Waals surface area contributed by atoms with Gasteiger partial charge in [0.05, 0.1) is 17.6 Å². The topological polar surface area (TPSA) is 50.4 Å². The molecular weight excluding hydrogens is 332 g/mol. The van der Waals surface area contributed by atoms with E-state index in [0.29, 0.717) is 18.0 Å². The van der Waals surface area contributed by atoms with Crippen molar-refractivity contribution in [3.8, 4) is 5.75 Å². The number of nitrogens with one attached hydrogen (secondary N) is 2. The highest BCUT2D eigenvalue weighted by Crippen LogP contribution is 2.37. The first-order chi connectivity index (χ1) is 12.2. The summed E-state index contributed by atoms with van der Waals surface area (Å²) in [6.07, 6.45) is 2.22. The first-order valence-corrected chi connectivity index (χ1v) is 9.50. The van der Waals surface area contributed by atoms with E-state index in [2.05, 4.69) is 10.6 Å². The Bertz CT molecular complexity index is 780. The van der Waals surface area contributed by atoms with Gasteiger partial charge in [0.15, 0.2) is 0 Å². The largest absolute Gasteiger partial charge is 0.496 e. The van der Waals surface area contributed by atoms with Crippen molar-refractivity contribution in [1.29, 1.82) is 0 Å². The van der Waals surface area contributed by atoms with Gasteiger partial charge in [0.25, 0.3) is 5.91 Å². The number of benzene rings is 2. The third kappa shape index (κ3) is 3.39. The highest BCUT2D eigenvalue weighted by molar-refractivity contribution is 7.99. The molecule has 4 rings (SSSR count). The van der Waals surface area contributed by atoms with Crippen molar-refractivity contribution in [3.05, 3.63) is 54.1 Å². The number of hydrogen-bond donors (Lipinski definition) is 2. The lowest BCUT2D eigenvalue weighted by molar-refractivity contribution is 0.0922. The fourth-order valence-corrected chi connectivity index (χ4v) is 4.88. The summed E-state index contributed by atoms with van der Waals surface area (Å²) in [5.74, 6) is 1.42. The fraction of sp³-hybridized carbons (Fsp3) is 0.350. The van der Waals surface area contributed by atoms with Crippen LogP contribution in [-0.2, 0) is 0 Å². The third-order valence-electron chi connectivity index (χ3n) is 5.10. The van der Waals surface area contributed by atoms with Gasteiger partial charge in [-0.05, 0) is 43.0 Å². The molecule has 1 aliphatic carbocycles. The maximum Gasteiger partial charge on any atom is 0.252 e. The number of methoxy groups -OCH3 is 1. The van der Waals surface area contributed by atoms with Crippen LogP contribution in [0.2, 0.25) is 0 Å². The SMILES string of the molecule is COc1ccccc1Sc1ccccc1C(=O)NC1CC2CC1CN2. The van der Waals surface area contributed by atoms with Gasteiger partial charge in [-0.15, -0.1) is 0 Å². The Morgan fingerprint density at radius 3 is 2.60 bits per heavy atom. The minimum atomic E-state index is 0.0237. The highest BCUT2D eigenvalue weighted by Gasteiger charge is 2.40. The van der Waals surface area contributed by atoms with Gasteiger partial charge in [0.1, 0.15) is 5.75 Å². The van der Waals surface area contributed by atoms with E-state index in [1.54, 1.807) is 18.9 Å². The molecule has 4 nitrogen and oxygen atoms in total. The average molecular weight is 354 g/mol. The summed E-state index contributed by atoms with van der Waals surface area (Å²) >= 11 is 1.57. The molecule has 0 spiro atoms. The Morgan fingerprint density at radius 2 is 1.88 bits per heavy atom.